The molecule has 3 N–H and O–H groups in total. The number of thioether (sulfide) groups is 1. The summed E-state index contributed by atoms with van der Waals surface area (Å²) in [5.74, 6) is 1.56. The van der Waals surface area contributed by atoms with Crippen molar-refractivity contribution >= 4 is 29.2 Å². The van der Waals surface area contributed by atoms with Crippen LogP contribution in [0.25, 0.3) is 11.3 Å². The smallest absolute Gasteiger partial charge is 0.234 e. The second kappa shape index (κ2) is 4.55. The Labute approximate surface area is 114 Å². The van der Waals surface area contributed by atoms with Crippen LogP contribution in [0.5, 0.6) is 0 Å². The highest BCUT2D eigenvalue weighted by molar-refractivity contribution is 8.00. The number of hydrogen-bond donors (Lipinski definition) is 2. The predicted octanol–water partition coefficient (Wildman–Crippen LogP) is 2.08. The molecule has 0 saturated heterocycles. The Bertz CT molecular complexity index is 651. The fourth-order valence-corrected chi connectivity index (χ4v) is 2.77. The summed E-state index contributed by atoms with van der Waals surface area (Å²) in [6.45, 7) is 1.80. The molecule has 3 rings (SSSR count). The zero-order valence-electron chi connectivity index (χ0n) is 10.3. The minimum atomic E-state index is 0.0213. The quantitative estimate of drug-likeness (QED) is 0.830. The van der Waals surface area contributed by atoms with Crippen LogP contribution in [0.1, 0.15) is 5.82 Å². The Balaban J connectivity index is 2.06. The van der Waals surface area contributed by atoms with Crippen LogP contribution < -0.4 is 11.1 Å². The Morgan fingerprint density at radius 2 is 2.16 bits per heavy atom. The summed E-state index contributed by atoms with van der Waals surface area (Å²) in [4.78, 5) is 20.9. The average molecular weight is 272 g/mol. The largest absolute Gasteiger partial charge is 0.384 e. The third kappa shape index (κ3) is 2.39. The van der Waals surface area contributed by atoms with E-state index in [1.54, 1.807) is 13.0 Å². The van der Waals surface area contributed by atoms with Gasteiger partial charge in [0.05, 0.1) is 17.1 Å². The maximum absolute atomic E-state index is 11.4. The summed E-state index contributed by atoms with van der Waals surface area (Å²) >= 11 is 1.54. The molecule has 0 saturated carbocycles. The molecule has 1 aromatic carbocycles. The van der Waals surface area contributed by atoms with Gasteiger partial charge in [-0.3, -0.25) is 4.79 Å². The van der Waals surface area contributed by atoms with Gasteiger partial charge in [0.2, 0.25) is 5.91 Å². The fraction of sp³-hybridized carbons (Fsp3) is 0.154. The molecule has 5 nitrogen and oxygen atoms in total. The van der Waals surface area contributed by atoms with E-state index in [0.29, 0.717) is 17.4 Å². The number of nitrogens with one attached hydrogen (secondary N) is 1. The van der Waals surface area contributed by atoms with Crippen LogP contribution >= 0.6 is 11.8 Å². The van der Waals surface area contributed by atoms with E-state index in [1.165, 1.54) is 11.8 Å². The van der Waals surface area contributed by atoms with E-state index in [1.807, 2.05) is 18.2 Å². The molecule has 0 atom stereocenters. The first kappa shape index (κ1) is 12.0. The highest BCUT2D eigenvalue weighted by Crippen LogP contribution is 2.34. The number of nitrogen functional groups attached to an aromatic ring is 1. The Morgan fingerprint density at radius 1 is 1.32 bits per heavy atom. The van der Waals surface area contributed by atoms with Gasteiger partial charge in [-0.15, -0.1) is 11.8 Å². The molecule has 0 aliphatic carbocycles. The van der Waals surface area contributed by atoms with Crippen molar-refractivity contribution in [1.29, 1.82) is 0 Å². The van der Waals surface area contributed by atoms with Crippen LogP contribution in [0, 0.1) is 6.92 Å². The molecule has 0 bridgehead atoms. The van der Waals surface area contributed by atoms with Gasteiger partial charge in [0.25, 0.3) is 0 Å². The van der Waals surface area contributed by atoms with E-state index in [2.05, 4.69) is 15.3 Å². The van der Waals surface area contributed by atoms with Gasteiger partial charge in [0.15, 0.2) is 0 Å². The number of anilines is 2. The first-order valence-corrected chi connectivity index (χ1v) is 6.78. The molecule has 0 unspecified atom stereocenters. The van der Waals surface area contributed by atoms with Crippen LogP contribution in [0.15, 0.2) is 29.2 Å². The summed E-state index contributed by atoms with van der Waals surface area (Å²) in [5, 5.41) is 2.86. The van der Waals surface area contributed by atoms with Crippen LogP contribution in [-0.4, -0.2) is 21.6 Å². The van der Waals surface area contributed by atoms with Crippen LogP contribution in [0.4, 0.5) is 11.5 Å². The molecule has 1 aliphatic heterocycles. The monoisotopic (exact) mass is 272 g/mol. The van der Waals surface area contributed by atoms with Crippen molar-refractivity contribution in [2.24, 2.45) is 0 Å². The van der Waals surface area contributed by atoms with E-state index in [9.17, 15) is 4.79 Å². The number of carbonyl (C=O) groups excluding carboxylic acids is 1. The van der Waals surface area contributed by atoms with Crippen molar-refractivity contribution in [3.8, 4) is 11.3 Å². The summed E-state index contributed by atoms with van der Waals surface area (Å²) in [6.07, 6.45) is 0. The van der Waals surface area contributed by atoms with Crippen LogP contribution in [0.3, 0.4) is 0 Å². The first-order chi connectivity index (χ1) is 9.11. The SMILES string of the molecule is Cc1nc(N)cc(-c2ccc3c(c2)NC(=O)CS3)n1. The molecule has 0 fully saturated rings. The number of hydrogen-bond acceptors (Lipinski definition) is 5. The Hall–Kier alpha value is -2.08. The summed E-state index contributed by atoms with van der Waals surface area (Å²) in [7, 11) is 0. The standard InChI is InChI=1S/C13H12N4OS/c1-7-15-9(5-12(14)16-7)8-2-3-11-10(4-8)17-13(18)6-19-11/h2-5H,6H2,1H3,(H,17,18)(H2,14,15,16). The third-order valence-corrected chi connectivity index (χ3v) is 3.84. The van der Waals surface area contributed by atoms with Crippen molar-refractivity contribution in [2.45, 2.75) is 11.8 Å². The number of benzene rings is 1. The Kier molecular flexibility index (Phi) is 2.87. The van der Waals surface area contributed by atoms with Crippen molar-refractivity contribution in [2.75, 3.05) is 16.8 Å². The van der Waals surface area contributed by atoms with Gasteiger partial charge in [0.1, 0.15) is 11.6 Å². The minimum absolute atomic E-state index is 0.0213. The third-order valence-electron chi connectivity index (χ3n) is 2.77. The molecule has 6 heteroatoms. The molecule has 1 amide bonds. The zero-order valence-corrected chi connectivity index (χ0v) is 11.1. The van der Waals surface area contributed by atoms with Crippen molar-refractivity contribution in [3.05, 3.63) is 30.1 Å². The van der Waals surface area contributed by atoms with Crippen molar-refractivity contribution in [3.63, 3.8) is 0 Å². The molecular weight excluding hydrogens is 260 g/mol. The van der Waals surface area contributed by atoms with Gasteiger partial charge >= 0.3 is 0 Å². The zero-order chi connectivity index (χ0) is 13.4. The van der Waals surface area contributed by atoms with E-state index >= 15 is 0 Å². The summed E-state index contributed by atoms with van der Waals surface area (Å²) in [6, 6.07) is 7.61. The van der Waals surface area contributed by atoms with Gasteiger partial charge < -0.3 is 11.1 Å². The number of rotatable bonds is 1. The average Bonchev–Trinajstić information content (AvgIpc) is 2.36. The number of aromatic nitrogens is 2. The molecule has 2 aromatic rings. The molecule has 0 radical (unpaired) electrons. The lowest BCUT2D eigenvalue weighted by Crippen LogP contribution is -2.18. The lowest BCUT2D eigenvalue weighted by atomic mass is 10.1. The maximum Gasteiger partial charge on any atom is 0.234 e. The number of aryl methyl sites for hydroxylation is 1. The van der Waals surface area contributed by atoms with Crippen LogP contribution in [0.2, 0.25) is 0 Å². The lowest BCUT2D eigenvalue weighted by molar-refractivity contribution is -0.113. The first-order valence-electron chi connectivity index (χ1n) is 5.80. The fourth-order valence-electron chi connectivity index (χ4n) is 1.98. The van der Waals surface area contributed by atoms with Crippen LogP contribution in [-0.2, 0) is 4.79 Å². The maximum atomic E-state index is 11.4. The molecule has 1 aromatic heterocycles. The Morgan fingerprint density at radius 3 is 2.95 bits per heavy atom. The van der Waals surface area contributed by atoms with E-state index in [-0.39, 0.29) is 5.91 Å². The molecular formula is C13H12N4OS. The van der Waals surface area contributed by atoms with Gasteiger partial charge in [-0.05, 0) is 19.1 Å². The van der Waals surface area contributed by atoms with Gasteiger partial charge in [-0.2, -0.15) is 0 Å². The minimum Gasteiger partial charge on any atom is -0.384 e. The van der Waals surface area contributed by atoms with Gasteiger partial charge in [0, 0.05) is 16.5 Å². The number of amides is 1. The van der Waals surface area contributed by atoms with Gasteiger partial charge in [-0.25, -0.2) is 9.97 Å². The van der Waals surface area contributed by atoms with Crippen molar-refractivity contribution < 1.29 is 4.79 Å². The summed E-state index contributed by atoms with van der Waals surface area (Å²) < 4.78 is 0. The normalized spacial score (nSPS) is 13.8. The highest BCUT2D eigenvalue weighted by atomic mass is 32.2. The predicted molar refractivity (Wildman–Crippen MR) is 76.0 cm³/mol. The topological polar surface area (TPSA) is 80.9 Å². The second-order valence-electron chi connectivity index (χ2n) is 4.27. The number of nitrogens with zero attached hydrogens (tertiary/aromatic N) is 2. The molecule has 2 heterocycles. The van der Waals surface area contributed by atoms with E-state index in [0.717, 1.165) is 21.8 Å². The van der Waals surface area contributed by atoms with E-state index < -0.39 is 0 Å². The second-order valence-corrected chi connectivity index (χ2v) is 5.29. The highest BCUT2D eigenvalue weighted by Gasteiger charge is 2.16. The van der Waals surface area contributed by atoms with Gasteiger partial charge in [-0.1, -0.05) is 6.07 Å². The summed E-state index contributed by atoms with van der Waals surface area (Å²) in [5.41, 5.74) is 8.24. The lowest BCUT2D eigenvalue weighted by Gasteiger charge is -2.17. The number of carbonyl (C=O) groups is 1. The molecule has 0 spiro atoms. The molecule has 19 heavy (non-hydrogen) atoms. The molecule has 1 aliphatic rings. The number of nitrogens with two attached hydrogens (primary N) is 1. The van der Waals surface area contributed by atoms with Crippen molar-refractivity contribution in [1.82, 2.24) is 9.97 Å². The van der Waals surface area contributed by atoms with E-state index in [4.69, 9.17) is 5.73 Å². The molecule has 96 valence electrons. The number of fused-ring (bicyclic) bond motifs is 1.